The van der Waals surface area contributed by atoms with Crippen molar-refractivity contribution in [2.45, 2.75) is 37.5 Å². The van der Waals surface area contributed by atoms with Gasteiger partial charge in [-0.2, -0.15) is 4.98 Å². The van der Waals surface area contributed by atoms with Gasteiger partial charge in [0.05, 0.1) is 20.3 Å². The Kier molecular flexibility index (Phi) is 3.81. The number of aromatic nitrogens is 1. The topological polar surface area (TPSA) is 43.8 Å². The van der Waals surface area contributed by atoms with Gasteiger partial charge in [0.2, 0.25) is 5.88 Å². The summed E-state index contributed by atoms with van der Waals surface area (Å²) in [5, 5.41) is 0. The van der Waals surface area contributed by atoms with E-state index in [1.165, 1.54) is 0 Å². The zero-order chi connectivity index (χ0) is 14.0. The van der Waals surface area contributed by atoms with Gasteiger partial charge in [-0.3, -0.25) is 0 Å². The van der Waals surface area contributed by atoms with Gasteiger partial charge < -0.3 is 19.1 Å². The number of anilines is 1. The van der Waals surface area contributed by atoms with Crippen molar-refractivity contribution >= 4 is 5.82 Å². The third kappa shape index (κ3) is 2.60. The summed E-state index contributed by atoms with van der Waals surface area (Å²) in [4.78, 5) is 6.74. The molecule has 2 fully saturated rings. The predicted octanol–water partition coefficient (Wildman–Crippen LogP) is 2.21. The number of methoxy groups -OCH3 is 1. The number of nitrogens with zero attached hydrogens (tertiary/aromatic N) is 2. The number of hydrogen-bond donors (Lipinski definition) is 0. The minimum atomic E-state index is -0.293. The second kappa shape index (κ2) is 5.58. The summed E-state index contributed by atoms with van der Waals surface area (Å²) < 4.78 is 16.7. The highest BCUT2D eigenvalue weighted by molar-refractivity contribution is 5.41. The quantitative estimate of drug-likeness (QED) is 0.848. The molecule has 0 bridgehead atoms. The van der Waals surface area contributed by atoms with Crippen molar-refractivity contribution in [3.05, 3.63) is 18.2 Å². The van der Waals surface area contributed by atoms with E-state index in [9.17, 15) is 0 Å². The molecule has 0 amide bonds. The molecule has 1 spiro atoms. The summed E-state index contributed by atoms with van der Waals surface area (Å²) in [7, 11) is 3.74. The van der Waals surface area contributed by atoms with E-state index in [-0.39, 0.29) is 5.79 Å². The fourth-order valence-corrected chi connectivity index (χ4v) is 3.12. The first-order valence-electron chi connectivity index (χ1n) is 7.24. The minimum absolute atomic E-state index is 0.293. The molecule has 1 saturated carbocycles. The smallest absolute Gasteiger partial charge is 0.214 e. The monoisotopic (exact) mass is 278 g/mol. The van der Waals surface area contributed by atoms with Crippen LogP contribution in [0.3, 0.4) is 0 Å². The second-order valence-corrected chi connectivity index (χ2v) is 5.49. The zero-order valence-electron chi connectivity index (χ0n) is 12.2. The van der Waals surface area contributed by atoms with Crippen molar-refractivity contribution in [1.29, 1.82) is 0 Å². The Morgan fingerprint density at radius 1 is 1.25 bits per heavy atom. The van der Waals surface area contributed by atoms with Crippen molar-refractivity contribution in [2.24, 2.45) is 0 Å². The van der Waals surface area contributed by atoms with Crippen LogP contribution in [0.15, 0.2) is 18.2 Å². The molecule has 1 aliphatic heterocycles. The van der Waals surface area contributed by atoms with E-state index in [0.717, 1.165) is 44.7 Å². The lowest BCUT2D eigenvalue weighted by molar-refractivity contribution is -0.178. The molecular weight excluding hydrogens is 256 g/mol. The summed E-state index contributed by atoms with van der Waals surface area (Å²) in [6, 6.07) is 6.35. The maximum Gasteiger partial charge on any atom is 0.214 e. The minimum Gasteiger partial charge on any atom is -0.481 e. The van der Waals surface area contributed by atoms with Gasteiger partial charge in [-0.05, 0) is 18.9 Å². The molecule has 110 valence electrons. The maximum atomic E-state index is 5.78. The molecule has 1 aromatic rings. The average molecular weight is 278 g/mol. The Balaban J connectivity index is 1.64. The first-order chi connectivity index (χ1) is 9.72. The Hall–Kier alpha value is -1.33. The number of rotatable bonds is 3. The molecule has 3 rings (SSSR count). The summed E-state index contributed by atoms with van der Waals surface area (Å²) in [5.74, 6) is 1.32. The number of ether oxygens (including phenoxy) is 3. The molecule has 5 heteroatoms. The van der Waals surface area contributed by atoms with Gasteiger partial charge in [0, 0.05) is 32.0 Å². The van der Waals surface area contributed by atoms with Gasteiger partial charge in [-0.1, -0.05) is 6.07 Å². The number of hydrogen-bond acceptors (Lipinski definition) is 5. The normalized spacial score (nSPS) is 22.1. The zero-order valence-corrected chi connectivity index (χ0v) is 12.2. The molecule has 2 aliphatic rings. The van der Waals surface area contributed by atoms with Crippen LogP contribution in [-0.4, -0.2) is 44.2 Å². The largest absolute Gasteiger partial charge is 0.481 e. The fraction of sp³-hybridized carbons (Fsp3) is 0.667. The van der Waals surface area contributed by atoms with Crippen molar-refractivity contribution in [3.63, 3.8) is 0 Å². The first kappa shape index (κ1) is 13.6. The van der Waals surface area contributed by atoms with Gasteiger partial charge in [-0.25, -0.2) is 0 Å². The second-order valence-electron chi connectivity index (χ2n) is 5.49. The Labute approximate surface area is 119 Å². The summed E-state index contributed by atoms with van der Waals surface area (Å²) in [6.07, 6.45) is 4.06. The maximum absolute atomic E-state index is 5.78. The SMILES string of the molecule is COc1cccc(N(C)C2CCC3(CC2)OCCO3)n1. The van der Waals surface area contributed by atoms with Gasteiger partial charge in [0.15, 0.2) is 5.79 Å². The van der Waals surface area contributed by atoms with Crippen LogP contribution in [0.1, 0.15) is 25.7 Å². The van der Waals surface area contributed by atoms with Crippen LogP contribution in [0.2, 0.25) is 0 Å². The van der Waals surface area contributed by atoms with Crippen LogP contribution >= 0.6 is 0 Å². The lowest BCUT2D eigenvalue weighted by Crippen LogP contribution is -2.43. The van der Waals surface area contributed by atoms with Crippen LogP contribution in [-0.2, 0) is 9.47 Å². The van der Waals surface area contributed by atoms with E-state index in [1.807, 2.05) is 18.2 Å². The van der Waals surface area contributed by atoms with Crippen molar-refractivity contribution in [2.75, 3.05) is 32.3 Å². The third-order valence-electron chi connectivity index (χ3n) is 4.36. The van der Waals surface area contributed by atoms with Crippen molar-refractivity contribution in [3.8, 4) is 5.88 Å². The molecule has 0 atom stereocenters. The van der Waals surface area contributed by atoms with E-state index in [0.29, 0.717) is 11.9 Å². The van der Waals surface area contributed by atoms with E-state index in [4.69, 9.17) is 14.2 Å². The standard InChI is InChI=1S/C15H22N2O3/c1-17(13-4-3-5-14(16-13)18-2)12-6-8-15(9-7-12)19-10-11-20-15/h3-5,12H,6-11H2,1-2H3. The molecule has 20 heavy (non-hydrogen) atoms. The lowest BCUT2D eigenvalue weighted by atomic mass is 9.89. The van der Waals surface area contributed by atoms with Crippen LogP contribution in [0.4, 0.5) is 5.82 Å². The van der Waals surface area contributed by atoms with E-state index in [2.05, 4.69) is 16.9 Å². The molecule has 1 saturated heterocycles. The molecule has 0 aromatic carbocycles. The highest BCUT2D eigenvalue weighted by Gasteiger charge is 2.41. The Morgan fingerprint density at radius 2 is 1.95 bits per heavy atom. The van der Waals surface area contributed by atoms with E-state index >= 15 is 0 Å². The number of pyridine rings is 1. The first-order valence-corrected chi connectivity index (χ1v) is 7.24. The molecule has 1 aliphatic carbocycles. The fourth-order valence-electron chi connectivity index (χ4n) is 3.12. The predicted molar refractivity (Wildman–Crippen MR) is 76.1 cm³/mol. The van der Waals surface area contributed by atoms with Crippen molar-refractivity contribution < 1.29 is 14.2 Å². The molecule has 0 unspecified atom stereocenters. The van der Waals surface area contributed by atoms with E-state index < -0.39 is 0 Å². The Bertz CT molecular complexity index is 450. The summed E-state index contributed by atoms with van der Waals surface area (Å²) in [5.41, 5.74) is 0. The Morgan fingerprint density at radius 3 is 2.60 bits per heavy atom. The summed E-state index contributed by atoms with van der Waals surface area (Å²) >= 11 is 0. The van der Waals surface area contributed by atoms with Gasteiger partial charge in [-0.15, -0.1) is 0 Å². The highest BCUT2D eigenvalue weighted by atomic mass is 16.7. The molecule has 0 N–H and O–H groups in total. The van der Waals surface area contributed by atoms with Gasteiger partial charge >= 0.3 is 0 Å². The van der Waals surface area contributed by atoms with Crippen molar-refractivity contribution in [1.82, 2.24) is 4.98 Å². The van der Waals surface area contributed by atoms with Crippen LogP contribution in [0.25, 0.3) is 0 Å². The lowest BCUT2D eigenvalue weighted by Gasteiger charge is -2.39. The molecule has 1 aromatic heterocycles. The third-order valence-corrected chi connectivity index (χ3v) is 4.36. The van der Waals surface area contributed by atoms with Crippen LogP contribution in [0.5, 0.6) is 5.88 Å². The molecule has 0 radical (unpaired) electrons. The van der Waals surface area contributed by atoms with Crippen LogP contribution < -0.4 is 9.64 Å². The van der Waals surface area contributed by atoms with Gasteiger partial charge in [0.25, 0.3) is 0 Å². The van der Waals surface area contributed by atoms with Gasteiger partial charge in [0.1, 0.15) is 5.82 Å². The average Bonchev–Trinajstić information content (AvgIpc) is 2.96. The van der Waals surface area contributed by atoms with Crippen LogP contribution in [0, 0.1) is 0 Å². The molecule has 5 nitrogen and oxygen atoms in total. The molecule has 2 heterocycles. The molecular formula is C15H22N2O3. The summed E-state index contributed by atoms with van der Waals surface area (Å²) in [6.45, 7) is 1.47. The highest BCUT2D eigenvalue weighted by Crippen LogP contribution is 2.37. The van der Waals surface area contributed by atoms with E-state index in [1.54, 1.807) is 7.11 Å².